The smallest absolute Gasteiger partial charge is 0.416 e. The van der Waals surface area contributed by atoms with E-state index in [2.05, 4.69) is 5.32 Å². The van der Waals surface area contributed by atoms with Gasteiger partial charge in [0.25, 0.3) is 0 Å². The van der Waals surface area contributed by atoms with E-state index in [1.807, 2.05) is 6.92 Å². The fourth-order valence-corrected chi connectivity index (χ4v) is 1.60. The van der Waals surface area contributed by atoms with Crippen molar-refractivity contribution in [3.8, 4) is 5.75 Å². The Hall–Kier alpha value is -1.76. The zero-order valence-corrected chi connectivity index (χ0v) is 13.4. The summed E-state index contributed by atoms with van der Waals surface area (Å²) in [7, 11) is 0. The summed E-state index contributed by atoms with van der Waals surface area (Å²) < 4.78 is 42.5. The van der Waals surface area contributed by atoms with E-state index in [-0.39, 0.29) is 24.8 Å². The Morgan fingerprint density at radius 3 is 2.30 bits per heavy atom. The standard InChI is InChI=1S/C16H22F3NO3/c1-4-15(2,3)14(22)20-9-12(21)10-23-13-7-5-11(6-8-13)16(17,18)19/h5-8,12,21H,4,9-10H2,1-3H3,(H,20,22). The Morgan fingerprint density at radius 1 is 1.26 bits per heavy atom. The predicted molar refractivity (Wildman–Crippen MR) is 80.0 cm³/mol. The number of ether oxygens (including phenoxy) is 1. The summed E-state index contributed by atoms with van der Waals surface area (Å²) in [5.74, 6) is 0.0471. The first-order chi connectivity index (χ1) is 10.6. The van der Waals surface area contributed by atoms with Crippen LogP contribution in [0.4, 0.5) is 13.2 Å². The zero-order chi connectivity index (χ0) is 17.7. The number of rotatable bonds is 7. The van der Waals surface area contributed by atoms with E-state index >= 15 is 0 Å². The Bertz CT molecular complexity index is 512. The molecule has 0 saturated heterocycles. The van der Waals surface area contributed by atoms with Crippen LogP contribution in [0.3, 0.4) is 0 Å². The van der Waals surface area contributed by atoms with E-state index in [1.165, 1.54) is 12.1 Å². The summed E-state index contributed by atoms with van der Waals surface area (Å²) >= 11 is 0. The molecule has 1 atom stereocenters. The number of hydrogen-bond donors (Lipinski definition) is 2. The number of benzene rings is 1. The number of carbonyl (C=O) groups excluding carboxylic acids is 1. The molecule has 0 aromatic heterocycles. The molecule has 1 aromatic carbocycles. The van der Waals surface area contributed by atoms with Gasteiger partial charge in [-0.3, -0.25) is 4.79 Å². The molecule has 1 unspecified atom stereocenters. The van der Waals surface area contributed by atoms with Crippen LogP contribution in [0, 0.1) is 5.41 Å². The molecule has 0 fully saturated rings. The fourth-order valence-electron chi connectivity index (χ4n) is 1.60. The molecule has 1 rings (SSSR count). The molecule has 0 heterocycles. The number of amides is 1. The maximum Gasteiger partial charge on any atom is 0.416 e. The van der Waals surface area contributed by atoms with Crippen molar-refractivity contribution < 1.29 is 27.8 Å². The maximum absolute atomic E-state index is 12.4. The highest BCUT2D eigenvalue weighted by atomic mass is 19.4. The van der Waals surface area contributed by atoms with Gasteiger partial charge in [-0.05, 0) is 30.7 Å². The van der Waals surface area contributed by atoms with E-state index < -0.39 is 23.3 Å². The van der Waals surface area contributed by atoms with Gasteiger partial charge in [-0.2, -0.15) is 13.2 Å². The molecule has 0 saturated carbocycles. The van der Waals surface area contributed by atoms with Crippen LogP contribution in [-0.4, -0.2) is 30.3 Å². The van der Waals surface area contributed by atoms with Gasteiger partial charge in [0.1, 0.15) is 18.5 Å². The molecule has 1 amide bonds. The van der Waals surface area contributed by atoms with Gasteiger partial charge in [0.2, 0.25) is 5.91 Å². The van der Waals surface area contributed by atoms with E-state index in [4.69, 9.17) is 4.74 Å². The molecule has 7 heteroatoms. The van der Waals surface area contributed by atoms with E-state index in [1.54, 1.807) is 13.8 Å². The van der Waals surface area contributed by atoms with Crippen LogP contribution >= 0.6 is 0 Å². The zero-order valence-electron chi connectivity index (χ0n) is 13.4. The van der Waals surface area contributed by atoms with Crippen molar-refractivity contribution in [1.29, 1.82) is 0 Å². The first-order valence-corrected chi connectivity index (χ1v) is 7.32. The highest BCUT2D eigenvalue weighted by molar-refractivity contribution is 5.81. The van der Waals surface area contributed by atoms with Crippen LogP contribution in [0.15, 0.2) is 24.3 Å². The van der Waals surface area contributed by atoms with Gasteiger partial charge in [-0.15, -0.1) is 0 Å². The lowest BCUT2D eigenvalue weighted by Gasteiger charge is -2.22. The van der Waals surface area contributed by atoms with Crippen LogP contribution in [0.1, 0.15) is 32.8 Å². The summed E-state index contributed by atoms with van der Waals surface area (Å²) in [6, 6.07) is 4.20. The van der Waals surface area contributed by atoms with Gasteiger partial charge in [-0.1, -0.05) is 20.8 Å². The molecule has 1 aromatic rings. The third-order valence-corrected chi connectivity index (χ3v) is 3.62. The third kappa shape index (κ3) is 6.09. The van der Waals surface area contributed by atoms with Gasteiger partial charge in [0.05, 0.1) is 5.56 Å². The van der Waals surface area contributed by atoms with Gasteiger partial charge >= 0.3 is 6.18 Å². The third-order valence-electron chi connectivity index (χ3n) is 3.62. The van der Waals surface area contributed by atoms with Crippen molar-refractivity contribution in [2.75, 3.05) is 13.2 Å². The molecule has 4 nitrogen and oxygen atoms in total. The molecule has 23 heavy (non-hydrogen) atoms. The summed E-state index contributed by atoms with van der Waals surface area (Å²) in [5.41, 5.74) is -1.28. The molecule has 0 radical (unpaired) electrons. The Labute approximate surface area is 133 Å². The second-order valence-corrected chi connectivity index (χ2v) is 5.93. The van der Waals surface area contributed by atoms with E-state index in [9.17, 15) is 23.1 Å². The molecule has 0 bridgehead atoms. The number of carbonyl (C=O) groups is 1. The molecule has 0 spiro atoms. The van der Waals surface area contributed by atoms with Crippen molar-refractivity contribution in [2.24, 2.45) is 5.41 Å². The number of aliphatic hydroxyl groups is 1. The minimum atomic E-state index is -4.39. The second kappa shape index (κ2) is 7.68. The molecule has 0 aliphatic carbocycles. The molecular formula is C16H22F3NO3. The molecular weight excluding hydrogens is 311 g/mol. The minimum absolute atomic E-state index is 0.0168. The highest BCUT2D eigenvalue weighted by Gasteiger charge is 2.30. The number of aliphatic hydroxyl groups excluding tert-OH is 1. The van der Waals surface area contributed by atoms with Crippen LogP contribution in [-0.2, 0) is 11.0 Å². The molecule has 2 N–H and O–H groups in total. The Kier molecular flexibility index (Phi) is 6.44. The predicted octanol–water partition coefficient (Wildman–Crippen LogP) is 3.00. The van der Waals surface area contributed by atoms with Crippen LogP contribution < -0.4 is 10.1 Å². The Morgan fingerprint density at radius 2 is 1.83 bits per heavy atom. The maximum atomic E-state index is 12.4. The summed E-state index contributed by atoms with van der Waals surface area (Å²) in [6.07, 6.45) is -4.68. The van der Waals surface area contributed by atoms with Gasteiger partial charge < -0.3 is 15.2 Å². The lowest BCUT2D eigenvalue weighted by Crippen LogP contribution is -2.41. The lowest BCUT2D eigenvalue weighted by atomic mass is 9.89. The van der Waals surface area contributed by atoms with Gasteiger partial charge in [0, 0.05) is 12.0 Å². The first-order valence-electron chi connectivity index (χ1n) is 7.32. The average molecular weight is 333 g/mol. The second-order valence-electron chi connectivity index (χ2n) is 5.93. The van der Waals surface area contributed by atoms with Crippen molar-refractivity contribution in [1.82, 2.24) is 5.32 Å². The summed E-state index contributed by atoms with van der Waals surface area (Å²) in [6.45, 7) is 5.38. The van der Waals surface area contributed by atoms with E-state index in [0.717, 1.165) is 12.1 Å². The number of hydrogen-bond acceptors (Lipinski definition) is 3. The Balaban J connectivity index is 2.42. The topological polar surface area (TPSA) is 58.6 Å². The summed E-state index contributed by atoms with van der Waals surface area (Å²) in [4.78, 5) is 11.8. The van der Waals surface area contributed by atoms with E-state index in [0.29, 0.717) is 6.42 Å². The van der Waals surface area contributed by atoms with Crippen LogP contribution in [0.5, 0.6) is 5.75 Å². The quantitative estimate of drug-likeness (QED) is 0.806. The SMILES string of the molecule is CCC(C)(C)C(=O)NCC(O)COc1ccc(C(F)(F)F)cc1. The fraction of sp³-hybridized carbons (Fsp3) is 0.562. The summed E-state index contributed by atoms with van der Waals surface area (Å²) in [5, 5.41) is 12.4. The number of alkyl halides is 3. The van der Waals surface area contributed by atoms with Crippen molar-refractivity contribution >= 4 is 5.91 Å². The lowest BCUT2D eigenvalue weighted by molar-refractivity contribution is -0.137. The number of halogens is 3. The van der Waals surface area contributed by atoms with Crippen LogP contribution in [0.2, 0.25) is 0 Å². The highest BCUT2D eigenvalue weighted by Crippen LogP contribution is 2.30. The largest absolute Gasteiger partial charge is 0.491 e. The molecule has 0 aliphatic rings. The minimum Gasteiger partial charge on any atom is -0.491 e. The first kappa shape index (κ1) is 19.3. The van der Waals surface area contributed by atoms with Crippen molar-refractivity contribution in [3.63, 3.8) is 0 Å². The van der Waals surface area contributed by atoms with Gasteiger partial charge in [-0.25, -0.2) is 0 Å². The average Bonchev–Trinajstić information content (AvgIpc) is 2.49. The van der Waals surface area contributed by atoms with Crippen LogP contribution in [0.25, 0.3) is 0 Å². The van der Waals surface area contributed by atoms with Crippen molar-refractivity contribution in [2.45, 2.75) is 39.5 Å². The monoisotopic (exact) mass is 333 g/mol. The normalized spacial score (nSPS) is 13.5. The number of nitrogens with one attached hydrogen (secondary N) is 1. The van der Waals surface area contributed by atoms with Crippen molar-refractivity contribution in [3.05, 3.63) is 29.8 Å². The van der Waals surface area contributed by atoms with Gasteiger partial charge in [0.15, 0.2) is 0 Å². The molecule has 130 valence electrons. The molecule has 0 aliphatic heterocycles.